The Hall–Kier alpha value is -3.12. The molecule has 2 aromatic carbocycles. The number of rotatable bonds is 5. The summed E-state index contributed by atoms with van der Waals surface area (Å²) in [4.78, 5) is 20.8. The fourth-order valence-electron chi connectivity index (χ4n) is 2.57. The van der Waals surface area contributed by atoms with Gasteiger partial charge in [0.25, 0.3) is 0 Å². The first-order chi connectivity index (χ1) is 13.0. The van der Waals surface area contributed by atoms with Crippen LogP contribution in [0.2, 0.25) is 5.02 Å². The first kappa shape index (κ1) is 18.7. The van der Waals surface area contributed by atoms with Crippen LogP contribution in [0.5, 0.6) is 0 Å². The molecule has 0 saturated carbocycles. The van der Waals surface area contributed by atoms with Gasteiger partial charge < -0.3 is 15.4 Å². The predicted octanol–water partition coefficient (Wildman–Crippen LogP) is 5.02. The van der Waals surface area contributed by atoms with E-state index in [1.165, 1.54) is 7.11 Å². The molecule has 0 aliphatic rings. The summed E-state index contributed by atoms with van der Waals surface area (Å²) < 4.78 is 4.82. The van der Waals surface area contributed by atoms with Crippen LogP contribution >= 0.6 is 11.6 Å². The number of nitrogens with one attached hydrogen (secondary N) is 2. The number of aryl methyl sites for hydroxylation is 1. The van der Waals surface area contributed by atoms with Gasteiger partial charge in [0.1, 0.15) is 5.82 Å². The molecule has 27 heavy (non-hydrogen) atoms. The molecule has 0 aliphatic heterocycles. The Balaban J connectivity index is 1.91. The quantitative estimate of drug-likeness (QED) is 0.603. The van der Waals surface area contributed by atoms with Gasteiger partial charge in [-0.05, 0) is 43.7 Å². The van der Waals surface area contributed by atoms with Crippen molar-refractivity contribution in [1.29, 1.82) is 0 Å². The summed E-state index contributed by atoms with van der Waals surface area (Å²) in [5.74, 6) is 0.554. The monoisotopic (exact) mass is 382 g/mol. The minimum Gasteiger partial charge on any atom is -0.465 e. The van der Waals surface area contributed by atoms with E-state index in [-0.39, 0.29) is 0 Å². The lowest BCUT2D eigenvalue weighted by Gasteiger charge is -2.13. The summed E-state index contributed by atoms with van der Waals surface area (Å²) in [7, 11) is 1.34. The van der Waals surface area contributed by atoms with Gasteiger partial charge in [-0.1, -0.05) is 29.8 Å². The Morgan fingerprint density at radius 1 is 1.00 bits per heavy atom. The Labute approximate surface area is 162 Å². The number of nitrogens with zero attached hydrogens (tertiary/aromatic N) is 2. The maximum absolute atomic E-state index is 11.9. The Morgan fingerprint density at radius 2 is 1.74 bits per heavy atom. The maximum atomic E-state index is 11.9. The highest BCUT2D eigenvalue weighted by Gasteiger charge is 2.13. The Kier molecular flexibility index (Phi) is 5.57. The Bertz CT molecular complexity index is 991. The molecule has 0 saturated heterocycles. The average molecular weight is 383 g/mol. The normalized spacial score (nSPS) is 10.4. The van der Waals surface area contributed by atoms with Crippen LogP contribution in [0.1, 0.15) is 21.6 Å². The van der Waals surface area contributed by atoms with Gasteiger partial charge in [-0.15, -0.1) is 0 Å². The summed E-state index contributed by atoms with van der Waals surface area (Å²) in [6.07, 6.45) is 0. The van der Waals surface area contributed by atoms with Crippen molar-refractivity contribution in [2.24, 2.45) is 0 Å². The van der Waals surface area contributed by atoms with Crippen molar-refractivity contribution >= 4 is 40.7 Å². The average Bonchev–Trinajstić information content (AvgIpc) is 2.65. The van der Waals surface area contributed by atoms with Gasteiger partial charge in [0.05, 0.1) is 18.4 Å². The van der Waals surface area contributed by atoms with Crippen molar-refractivity contribution in [3.8, 4) is 0 Å². The molecule has 6 nitrogen and oxygen atoms in total. The third kappa shape index (κ3) is 4.35. The molecule has 0 atom stereocenters. The maximum Gasteiger partial charge on any atom is 0.339 e. The molecule has 0 radical (unpaired) electrons. The molecule has 138 valence electrons. The number of anilines is 4. The number of para-hydroxylation sites is 1. The van der Waals surface area contributed by atoms with E-state index in [2.05, 4.69) is 20.6 Å². The summed E-state index contributed by atoms with van der Waals surface area (Å²) in [6.45, 7) is 3.81. The van der Waals surface area contributed by atoms with Crippen LogP contribution in [-0.2, 0) is 4.74 Å². The Morgan fingerprint density at radius 3 is 2.52 bits per heavy atom. The van der Waals surface area contributed by atoms with E-state index in [4.69, 9.17) is 16.3 Å². The molecule has 3 rings (SSSR count). The fourth-order valence-corrected chi connectivity index (χ4v) is 2.74. The van der Waals surface area contributed by atoms with Gasteiger partial charge in [0.15, 0.2) is 0 Å². The van der Waals surface area contributed by atoms with E-state index in [0.29, 0.717) is 28.0 Å². The van der Waals surface area contributed by atoms with Crippen LogP contribution in [0, 0.1) is 13.8 Å². The van der Waals surface area contributed by atoms with Gasteiger partial charge in [0.2, 0.25) is 5.95 Å². The van der Waals surface area contributed by atoms with E-state index in [1.807, 2.05) is 44.2 Å². The number of benzene rings is 2. The molecule has 3 aromatic rings. The lowest BCUT2D eigenvalue weighted by atomic mass is 10.2. The van der Waals surface area contributed by atoms with Gasteiger partial charge >= 0.3 is 5.97 Å². The van der Waals surface area contributed by atoms with Gasteiger partial charge in [-0.2, -0.15) is 4.98 Å². The van der Waals surface area contributed by atoms with Crippen molar-refractivity contribution in [3.05, 3.63) is 70.4 Å². The number of halogens is 1. The van der Waals surface area contributed by atoms with E-state index in [0.717, 1.165) is 16.9 Å². The van der Waals surface area contributed by atoms with E-state index >= 15 is 0 Å². The van der Waals surface area contributed by atoms with Crippen molar-refractivity contribution in [1.82, 2.24) is 9.97 Å². The van der Waals surface area contributed by atoms with E-state index < -0.39 is 5.97 Å². The SMILES string of the molecule is COC(=O)c1ccccc1Nc1nc(C)cc(Nc2cccc(Cl)c2C)n1. The van der Waals surface area contributed by atoms with Crippen LogP contribution in [0.4, 0.5) is 23.1 Å². The second kappa shape index (κ2) is 8.05. The highest BCUT2D eigenvalue weighted by molar-refractivity contribution is 6.31. The largest absolute Gasteiger partial charge is 0.465 e. The van der Waals surface area contributed by atoms with Gasteiger partial charge in [-0.3, -0.25) is 0 Å². The summed E-state index contributed by atoms with van der Waals surface area (Å²) in [5, 5.41) is 7.03. The summed E-state index contributed by atoms with van der Waals surface area (Å²) in [5.41, 5.74) is 3.54. The molecule has 0 amide bonds. The number of carbonyl (C=O) groups is 1. The molecular formula is C20H19ClN4O2. The lowest BCUT2D eigenvalue weighted by molar-refractivity contribution is 0.0602. The summed E-state index contributed by atoms with van der Waals surface area (Å²) in [6, 6.07) is 14.5. The second-order valence-corrected chi connectivity index (χ2v) is 6.32. The molecule has 0 aliphatic carbocycles. The number of esters is 1. The zero-order chi connectivity index (χ0) is 19.4. The third-order valence-corrected chi connectivity index (χ3v) is 4.37. The molecule has 0 fully saturated rings. The number of carbonyl (C=O) groups excluding carboxylic acids is 1. The van der Waals surface area contributed by atoms with E-state index in [9.17, 15) is 4.79 Å². The van der Waals surface area contributed by atoms with Gasteiger partial charge in [-0.25, -0.2) is 9.78 Å². The number of aromatic nitrogens is 2. The molecule has 1 aromatic heterocycles. The smallest absolute Gasteiger partial charge is 0.339 e. The standard InChI is InChI=1S/C20H19ClN4O2/c1-12-11-18(23-16-10-6-8-15(21)13(16)2)25-20(22-12)24-17-9-5-4-7-14(17)19(26)27-3/h4-11H,1-3H3,(H2,22,23,24,25). The topological polar surface area (TPSA) is 76.1 Å². The van der Waals surface area contributed by atoms with Crippen molar-refractivity contribution in [2.75, 3.05) is 17.7 Å². The zero-order valence-corrected chi connectivity index (χ0v) is 16.0. The minimum absolute atomic E-state index is 0.369. The molecule has 0 spiro atoms. The van der Waals surface area contributed by atoms with Crippen molar-refractivity contribution < 1.29 is 9.53 Å². The molecule has 2 N–H and O–H groups in total. The van der Waals surface area contributed by atoms with Crippen LogP contribution in [0.25, 0.3) is 0 Å². The molecule has 0 bridgehead atoms. The van der Waals surface area contributed by atoms with Crippen molar-refractivity contribution in [2.45, 2.75) is 13.8 Å². The fraction of sp³-hybridized carbons (Fsp3) is 0.150. The molecular weight excluding hydrogens is 364 g/mol. The number of ether oxygens (including phenoxy) is 1. The molecule has 0 unspecified atom stereocenters. The van der Waals surface area contributed by atoms with Crippen LogP contribution < -0.4 is 10.6 Å². The third-order valence-electron chi connectivity index (χ3n) is 3.96. The van der Waals surface area contributed by atoms with Crippen LogP contribution in [-0.4, -0.2) is 23.0 Å². The number of hydrogen-bond acceptors (Lipinski definition) is 6. The predicted molar refractivity (Wildman–Crippen MR) is 107 cm³/mol. The molecule has 1 heterocycles. The van der Waals surface area contributed by atoms with Crippen molar-refractivity contribution in [3.63, 3.8) is 0 Å². The zero-order valence-electron chi connectivity index (χ0n) is 15.2. The minimum atomic E-state index is -0.432. The first-order valence-corrected chi connectivity index (χ1v) is 8.68. The first-order valence-electron chi connectivity index (χ1n) is 8.30. The van der Waals surface area contributed by atoms with Crippen LogP contribution in [0.15, 0.2) is 48.5 Å². The van der Waals surface area contributed by atoms with E-state index in [1.54, 1.807) is 18.2 Å². The number of methoxy groups -OCH3 is 1. The number of hydrogen-bond donors (Lipinski definition) is 2. The van der Waals surface area contributed by atoms with Crippen LogP contribution in [0.3, 0.4) is 0 Å². The lowest BCUT2D eigenvalue weighted by Crippen LogP contribution is -2.08. The van der Waals surface area contributed by atoms with Gasteiger partial charge in [0, 0.05) is 22.5 Å². The molecule has 7 heteroatoms. The summed E-state index contributed by atoms with van der Waals surface area (Å²) >= 11 is 6.18. The highest BCUT2D eigenvalue weighted by atomic mass is 35.5. The second-order valence-electron chi connectivity index (χ2n) is 5.92. The highest BCUT2D eigenvalue weighted by Crippen LogP contribution is 2.27.